The second-order valence-corrected chi connectivity index (χ2v) is 10.6. The van der Waals surface area contributed by atoms with Crippen molar-refractivity contribution in [1.82, 2.24) is 14.9 Å². The van der Waals surface area contributed by atoms with Crippen LogP contribution in [-0.2, 0) is 0 Å². The molecule has 36 heavy (non-hydrogen) atoms. The van der Waals surface area contributed by atoms with Crippen LogP contribution in [-0.4, -0.2) is 59.6 Å². The van der Waals surface area contributed by atoms with Crippen LogP contribution in [0, 0.1) is 5.41 Å². The van der Waals surface area contributed by atoms with Gasteiger partial charge in [-0.1, -0.05) is 11.6 Å². The minimum atomic E-state index is -3.00. The molecule has 3 fully saturated rings. The third-order valence-electron chi connectivity index (χ3n) is 7.30. The molecule has 3 atom stereocenters. The summed E-state index contributed by atoms with van der Waals surface area (Å²) in [4.78, 5) is 24.7. The lowest BCUT2D eigenvalue weighted by molar-refractivity contribution is -0.0493. The summed E-state index contributed by atoms with van der Waals surface area (Å²) in [6.07, 6.45) is 2.56. The van der Waals surface area contributed by atoms with Gasteiger partial charge in [0.25, 0.3) is 5.91 Å². The van der Waals surface area contributed by atoms with Crippen molar-refractivity contribution >= 4 is 57.0 Å². The number of ether oxygens (including phenoxy) is 1. The van der Waals surface area contributed by atoms with Crippen molar-refractivity contribution in [3.05, 3.63) is 46.4 Å². The number of nitrogens with zero attached hydrogens (tertiary/aromatic N) is 4. The van der Waals surface area contributed by atoms with E-state index in [1.165, 1.54) is 24.0 Å². The highest BCUT2D eigenvalue weighted by molar-refractivity contribution is 7.14. The van der Waals surface area contributed by atoms with Gasteiger partial charge in [0.2, 0.25) is 5.95 Å². The van der Waals surface area contributed by atoms with Crippen molar-refractivity contribution in [2.75, 3.05) is 35.7 Å². The molecule has 6 rings (SSSR count). The number of primary amides is 1. The number of alkyl halides is 2. The Morgan fingerprint density at radius 3 is 2.89 bits per heavy atom. The quantitative estimate of drug-likeness (QED) is 0.394. The zero-order chi connectivity index (χ0) is 25.2. The number of anilines is 5. The molecule has 1 spiro atoms. The first-order chi connectivity index (χ1) is 17.2. The number of halogens is 3. The molecule has 2 saturated heterocycles. The summed E-state index contributed by atoms with van der Waals surface area (Å²) in [7, 11) is 2.14. The Morgan fingerprint density at radius 2 is 2.17 bits per heavy atom. The minimum absolute atomic E-state index is 0.0118. The van der Waals surface area contributed by atoms with Crippen LogP contribution in [0.3, 0.4) is 0 Å². The zero-order valence-corrected chi connectivity index (χ0v) is 20.6. The van der Waals surface area contributed by atoms with Crippen LogP contribution in [0.15, 0.2) is 35.8 Å². The van der Waals surface area contributed by atoms with Crippen LogP contribution in [0.4, 0.5) is 36.9 Å². The van der Waals surface area contributed by atoms with Gasteiger partial charge < -0.3 is 26.0 Å². The number of rotatable bonds is 8. The Kier molecular flexibility index (Phi) is 5.43. The predicted octanol–water partition coefficient (Wildman–Crippen LogP) is 4.27. The number of likely N-dealkylation sites (N-methyl/N-ethyl adjacent to an activating group) is 1. The zero-order valence-electron chi connectivity index (χ0n) is 19.0. The lowest BCUT2D eigenvalue weighted by Crippen LogP contribution is -2.52. The number of benzene rings is 1. The van der Waals surface area contributed by atoms with E-state index in [1.807, 2.05) is 6.07 Å². The van der Waals surface area contributed by atoms with E-state index >= 15 is 0 Å². The molecule has 0 bridgehead atoms. The molecule has 0 radical (unpaired) electrons. The maximum atomic E-state index is 13.3. The fraction of sp³-hybridized carbons (Fsp3) is 0.348. The number of aromatic nitrogens is 2. The molecule has 3 aromatic rings. The van der Waals surface area contributed by atoms with E-state index in [2.05, 4.69) is 37.4 Å². The van der Waals surface area contributed by atoms with Gasteiger partial charge in [-0.15, -0.1) is 11.3 Å². The number of carbonyl (C=O) groups excluding carboxylic acids is 1. The summed E-state index contributed by atoms with van der Waals surface area (Å²) in [6.45, 7) is -1.22. The van der Waals surface area contributed by atoms with Crippen LogP contribution >= 0.6 is 22.9 Å². The van der Waals surface area contributed by atoms with Crippen LogP contribution in [0.5, 0.6) is 5.75 Å². The average Bonchev–Trinajstić information content (AvgIpc) is 3.10. The highest BCUT2D eigenvalue weighted by Gasteiger charge is 2.74. The fourth-order valence-electron chi connectivity index (χ4n) is 5.51. The fourth-order valence-corrected chi connectivity index (χ4v) is 6.44. The minimum Gasteiger partial charge on any atom is -0.433 e. The molecule has 13 heteroatoms. The SMILES string of the molecule is CN1C2CN(c3ccc(Nc4ncc(Cl)c(Nc5sccc5C(N)=O)n4)c(OC(F)F)c3)CC23CC13. The summed E-state index contributed by atoms with van der Waals surface area (Å²) < 4.78 is 31.4. The number of likely N-dealkylation sites (tertiary alicyclic amines) is 1. The summed E-state index contributed by atoms with van der Waals surface area (Å²) in [5, 5.41) is 8.30. The molecule has 1 amide bonds. The number of nitrogens with two attached hydrogens (primary N) is 1. The molecule has 1 saturated carbocycles. The largest absolute Gasteiger partial charge is 0.433 e. The van der Waals surface area contributed by atoms with Gasteiger partial charge in [-0.2, -0.15) is 13.8 Å². The maximum absolute atomic E-state index is 13.3. The normalized spacial score (nSPS) is 24.2. The maximum Gasteiger partial charge on any atom is 0.387 e. The van der Waals surface area contributed by atoms with Gasteiger partial charge in [0.1, 0.15) is 10.0 Å². The molecule has 2 aromatic heterocycles. The van der Waals surface area contributed by atoms with Crippen molar-refractivity contribution in [2.45, 2.75) is 25.1 Å². The molecule has 188 valence electrons. The summed E-state index contributed by atoms with van der Waals surface area (Å²) in [6, 6.07) is 7.90. The third kappa shape index (κ3) is 3.80. The summed E-state index contributed by atoms with van der Waals surface area (Å²) >= 11 is 7.49. The highest BCUT2D eigenvalue weighted by Crippen LogP contribution is 2.66. The van der Waals surface area contributed by atoms with E-state index in [0.717, 1.165) is 18.8 Å². The second kappa shape index (κ2) is 8.43. The van der Waals surface area contributed by atoms with Crippen LogP contribution in [0.1, 0.15) is 16.8 Å². The van der Waals surface area contributed by atoms with Crippen molar-refractivity contribution in [3.63, 3.8) is 0 Å². The van der Waals surface area contributed by atoms with E-state index in [-0.39, 0.29) is 28.2 Å². The molecule has 4 heterocycles. The van der Waals surface area contributed by atoms with E-state index < -0.39 is 12.5 Å². The van der Waals surface area contributed by atoms with Crippen molar-refractivity contribution in [2.24, 2.45) is 11.1 Å². The Balaban J connectivity index is 1.24. The van der Waals surface area contributed by atoms with Gasteiger partial charge in [0.05, 0.1) is 17.4 Å². The summed E-state index contributed by atoms with van der Waals surface area (Å²) in [5.74, 6) is -0.277. The van der Waals surface area contributed by atoms with Gasteiger partial charge in [-0.3, -0.25) is 9.69 Å². The Labute approximate surface area is 214 Å². The van der Waals surface area contributed by atoms with E-state index in [4.69, 9.17) is 22.1 Å². The molecular formula is C23H22ClF2N7O2S. The molecule has 9 nitrogen and oxygen atoms in total. The Morgan fingerprint density at radius 1 is 1.33 bits per heavy atom. The number of hydrogen-bond donors (Lipinski definition) is 3. The molecule has 1 aliphatic carbocycles. The molecule has 1 aromatic carbocycles. The number of amides is 1. The van der Waals surface area contributed by atoms with E-state index in [0.29, 0.717) is 28.1 Å². The first kappa shape index (κ1) is 23.2. The lowest BCUT2D eigenvalue weighted by Gasteiger charge is -2.39. The van der Waals surface area contributed by atoms with Crippen LogP contribution in [0.2, 0.25) is 5.02 Å². The van der Waals surface area contributed by atoms with Gasteiger partial charge in [-0.25, -0.2) is 4.98 Å². The van der Waals surface area contributed by atoms with Crippen molar-refractivity contribution in [3.8, 4) is 5.75 Å². The predicted molar refractivity (Wildman–Crippen MR) is 134 cm³/mol. The molecule has 3 aliphatic rings. The van der Waals surface area contributed by atoms with Gasteiger partial charge in [0, 0.05) is 42.3 Å². The summed E-state index contributed by atoms with van der Waals surface area (Å²) in [5.41, 5.74) is 7.16. The van der Waals surface area contributed by atoms with Gasteiger partial charge in [0.15, 0.2) is 11.6 Å². The number of hydrogen-bond acceptors (Lipinski definition) is 9. The van der Waals surface area contributed by atoms with Crippen LogP contribution in [0.25, 0.3) is 0 Å². The Hall–Kier alpha value is -3.22. The van der Waals surface area contributed by atoms with E-state index in [1.54, 1.807) is 23.6 Å². The molecule has 3 unspecified atom stereocenters. The molecular weight excluding hydrogens is 512 g/mol. The van der Waals surface area contributed by atoms with Crippen molar-refractivity contribution in [1.29, 1.82) is 0 Å². The first-order valence-corrected chi connectivity index (χ1v) is 12.5. The third-order valence-corrected chi connectivity index (χ3v) is 8.41. The second-order valence-electron chi connectivity index (χ2n) is 9.24. The lowest BCUT2D eigenvalue weighted by atomic mass is 9.91. The standard InChI is InChI=1S/C23H22ClF2N7O2S/c1-32-16-7-23(16)10-33(9-17(23)32)11-2-3-14(15(6-11)35-21(25)26)29-22-28-8-13(24)19(31-22)30-20-12(18(27)34)4-5-36-20/h2-6,8,16-17,21H,7,9-10H2,1H3,(H2,27,34)(H2,28,29,30,31). The number of thiophene rings is 1. The monoisotopic (exact) mass is 533 g/mol. The Bertz CT molecular complexity index is 1360. The smallest absolute Gasteiger partial charge is 0.387 e. The van der Waals surface area contributed by atoms with Crippen molar-refractivity contribution < 1.29 is 18.3 Å². The van der Waals surface area contributed by atoms with Gasteiger partial charge >= 0.3 is 6.61 Å². The number of nitrogens with one attached hydrogen (secondary N) is 2. The highest BCUT2D eigenvalue weighted by atomic mass is 35.5. The number of carbonyl (C=O) groups is 1. The first-order valence-electron chi connectivity index (χ1n) is 11.2. The van der Waals surface area contributed by atoms with Gasteiger partial charge in [-0.05, 0) is 37.0 Å². The molecule has 2 aliphatic heterocycles. The topological polar surface area (TPSA) is 109 Å². The average molecular weight is 534 g/mol. The van der Waals surface area contributed by atoms with E-state index in [9.17, 15) is 13.6 Å². The molecule has 4 N–H and O–H groups in total. The van der Waals surface area contributed by atoms with Crippen LogP contribution < -0.4 is 26.0 Å².